The maximum Gasteiger partial charge on any atom is 0.274 e. The van der Waals surface area contributed by atoms with Crippen LogP contribution in [0.5, 0.6) is 5.75 Å². The Labute approximate surface area is 157 Å². The van der Waals surface area contributed by atoms with Crippen LogP contribution >= 0.6 is 0 Å². The number of aromatic nitrogens is 1. The topological polar surface area (TPSA) is 63.2 Å². The van der Waals surface area contributed by atoms with Gasteiger partial charge in [-0.05, 0) is 37.3 Å². The number of rotatable bonds is 7. The molecule has 0 saturated carbocycles. The van der Waals surface area contributed by atoms with Gasteiger partial charge in [0.15, 0.2) is 0 Å². The third kappa shape index (κ3) is 4.82. The third-order valence-electron chi connectivity index (χ3n) is 3.87. The number of ether oxygens (including phenoxy) is 1. The van der Waals surface area contributed by atoms with Crippen molar-refractivity contribution in [1.82, 2.24) is 4.98 Å². The van der Waals surface area contributed by atoms with Gasteiger partial charge in [0, 0.05) is 12.1 Å². The predicted octanol–water partition coefficient (Wildman–Crippen LogP) is 4.48. The van der Waals surface area contributed by atoms with E-state index in [1.807, 2.05) is 19.1 Å². The Morgan fingerprint density at radius 2 is 1.85 bits per heavy atom. The van der Waals surface area contributed by atoms with Crippen molar-refractivity contribution >= 4 is 17.3 Å². The number of hydrogen-bond acceptors (Lipinski definition) is 4. The van der Waals surface area contributed by atoms with Gasteiger partial charge in [0.05, 0.1) is 24.2 Å². The van der Waals surface area contributed by atoms with Crippen LogP contribution in [0.4, 0.5) is 15.8 Å². The summed E-state index contributed by atoms with van der Waals surface area (Å²) in [6, 6.07) is 17.1. The van der Waals surface area contributed by atoms with Gasteiger partial charge >= 0.3 is 0 Å². The van der Waals surface area contributed by atoms with Crippen LogP contribution in [-0.2, 0) is 6.54 Å². The van der Waals surface area contributed by atoms with E-state index in [1.165, 1.54) is 6.07 Å². The molecular weight excluding hydrogens is 345 g/mol. The Bertz CT molecular complexity index is 913. The summed E-state index contributed by atoms with van der Waals surface area (Å²) < 4.78 is 19.1. The number of halogens is 1. The van der Waals surface area contributed by atoms with Gasteiger partial charge in [-0.25, -0.2) is 9.37 Å². The minimum absolute atomic E-state index is 0.262. The molecule has 1 amide bonds. The van der Waals surface area contributed by atoms with E-state index in [1.54, 1.807) is 48.7 Å². The average Bonchev–Trinajstić information content (AvgIpc) is 2.69. The first-order valence-corrected chi connectivity index (χ1v) is 8.64. The van der Waals surface area contributed by atoms with E-state index in [0.717, 1.165) is 0 Å². The zero-order chi connectivity index (χ0) is 19.1. The van der Waals surface area contributed by atoms with Crippen LogP contribution in [0.25, 0.3) is 0 Å². The predicted molar refractivity (Wildman–Crippen MR) is 104 cm³/mol. The standard InChI is InChI=1S/C21H20FN3O2/c1-2-27-20-10-6-5-9-18(20)25-21(26)19-12-11-16(14-24-19)23-13-15-7-3-4-8-17(15)22/h3-12,14,23H,2,13H2,1H3,(H,25,26). The molecule has 0 saturated heterocycles. The first-order chi connectivity index (χ1) is 13.2. The van der Waals surface area contributed by atoms with Crippen LogP contribution in [0.3, 0.4) is 0 Å². The fourth-order valence-corrected chi connectivity index (χ4v) is 2.51. The maximum atomic E-state index is 13.6. The van der Waals surface area contributed by atoms with E-state index >= 15 is 0 Å². The van der Waals surface area contributed by atoms with Crippen LogP contribution in [0.15, 0.2) is 66.9 Å². The molecule has 0 bridgehead atoms. The molecule has 6 heteroatoms. The van der Waals surface area contributed by atoms with E-state index in [4.69, 9.17) is 4.74 Å². The highest BCUT2D eigenvalue weighted by Crippen LogP contribution is 2.24. The highest BCUT2D eigenvalue weighted by molar-refractivity contribution is 6.03. The van der Waals surface area contributed by atoms with E-state index in [2.05, 4.69) is 15.6 Å². The van der Waals surface area contributed by atoms with Crippen molar-refractivity contribution in [2.24, 2.45) is 0 Å². The largest absolute Gasteiger partial charge is 0.492 e. The second-order valence-electron chi connectivity index (χ2n) is 5.76. The van der Waals surface area contributed by atoms with Gasteiger partial charge in [-0.3, -0.25) is 4.79 Å². The molecule has 0 spiro atoms. The minimum atomic E-state index is -0.331. The Hall–Kier alpha value is -3.41. The molecule has 1 heterocycles. The van der Waals surface area contributed by atoms with Gasteiger partial charge in [-0.15, -0.1) is 0 Å². The molecule has 138 valence electrons. The molecule has 2 aromatic carbocycles. The number of carbonyl (C=O) groups is 1. The van der Waals surface area contributed by atoms with Crippen molar-refractivity contribution in [3.63, 3.8) is 0 Å². The number of nitrogens with one attached hydrogen (secondary N) is 2. The molecule has 0 radical (unpaired) electrons. The van der Waals surface area contributed by atoms with E-state index < -0.39 is 0 Å². The molecule has 0 atom stereocenters. The normalized spacial score (nSPS) is 10.3. The van der Waals surface area contributed by atoms with E-state index in [0.29, 0.717) is 35.8 Å². The summed E-state index contributed by atoms with van der Waals surface area (Å²) in [6.45, 7) is 2.72. The van der Waals surface area contributed by atoms with Crippen molar-refractivity contribution in [2.45, 2.75) is 13.5 Å². The summed E-state index contributed by atoms with van der Waals surface area (Å²) in [5.74, 6) is 0.0150. The Morgan fingerprint density at radius 3 is 2.59 bits per heavy atom. The van der Waals surface area contributed by atoms with Crippen molar-refractivity contribution < 1.29 is 13.9 Å². The summed E-state index contributed by atoms with van der Waals surface area (Å²) in [5.41, 5.74) is 2.13. The van der Waals surface area contributed by atoms with Crippen molar-refractivity contribution in [2.75, 3.05) is 17.2 Å². The second-order valence-corrected chi connectivity index (χ2v) is 5.76. The van der Waals surface area contributed by atoms with Crippen LogP contribution in [0.2, 0.25) is 0 Å². The monoisotopic (exact) mass is 365 g/mol. The van der Waals surface area contributed by atoms with Crippen LogP contribution in [0, 0.1) is 5.82 Å². The number of amides is 1. The van der Waals surface area contributed by atoms with Gasteiger partial charge in [-0.1, -0.05) is 30.3 Å². The molecular formula is C21H20FN3O2. The number of anilines is 2. The quantitative estimate of drug-likeness (QED) is 0.648. The lowest BCUT2D eigenvalue weighted by atomic mass is 10.2. The highest BCUT2D eigenvalue weighted by Gasteiger charge is 2.11. The summed E-state index contributed by atoms with van der Waals surface area (Å²) >= 11 is 0. The highest BCUT2D eigenvalue weighted by atomic mass is 19.1. The fraction of sp³-hybridized carbons (Fsp3) is 0.143. The Balaban J connectivity index is 1.63. The zero-order valence-corrected chi connectivity index (χ0v) is 14.9. The average molecular weight is 365 g/mol. The summed E-state index contributed by atoms with van der Waals surface area (Å²) in [4.78, 5) is 16.6. The van der Waals surface area contributed by atoms with Crippen LogP contribution in [0.1, 0.15) is 23.0 Å². The Morgan fingerprint density at radius 1 is 1.07 bits per heavy atom. The number of hydrogen-bond donors (Lipinski definition) is 2. The number of carbonyl (C=O) groups excluding carboxylic acids is 1. The lowest BCUT2D eigenvalue weighted by molar-refractivity contribution is 0.102. The van der Waals surface area contributed by atoms with Gasteiger partial charge < -0.3 is 15.4 Å². The molecule has 0 aliphatic heterocycles. The number of para-hydroxylation sites is 2. The van der Waals surface area contributed by atoms with Crippen LogP contribution in [-0.4, -0.2) is 17.5 Å². The molecule has 0 aliphatic rings. The summed E-state index contributed by atoms with van der Waals surface area (Å²) in [5, 5.41) is 5.89. The lowest BCUT2D eigenvalue weighted by Gasteiger charge is -2.11. The van der Waals surface area contributed by atoms with Crippen molar-refractivity contribution in [1.29, 1.82) is 0 Å². The molecule has 27 heavy (non-hydrogen) atoms. The molecule has 2 N–H and O–H groups in total. The third-order valence-corrected chi connectivity index (χ3v) is 3.87. The van der Waals surface area contributed by atoms with Crippen molar-refractivity contribution in [3.05, 3.63) is 83.9 Å². The molecule has 3 aromatic rings. The van der Waals surface area contributed by atoms with E-state index in [9.17, 15) is 9.18 Å². The maximum absolute atomic E-state index is 13.6. The van der Waals surface area contributed by atoms with Crippen molar-refractivity contribution in [3.8, 4) is 5.75 Å². The smallest absolute Gasteiger partial charge is 0.274 e. The van der Waals surface area contributed by atoms with Gasteiger partial charge in [-0.2, -0.15) is 0 Å². The molecule has 1 aromatic heterocycles. The van der Waals surface area contributed by atoms with Gasteiger partial charge in [0.1, 0.15) is 17.3 Å². The fourth-order valence-electron chi connectivity index (χ4n) is 2.51. The number of benzene rings is 2. The molecule has 3 rings (SSSR count). The molecule has 0 aliphatic carbocycles. The number of pyridine rings is 1. The molecule has 0 fully saturated rings. The molecule has 0 unspecified atom stereocenters. The van der Waals surface area contributed by atoms with Gasteiger partial charge in [0.25, 0.3) is 5.91 Å². The minimum Gasteiger partial charge on any atom is -0.492 e. The molecule has 5 nitrogen and oxygen atoms in total. The van der Waals surface area contributed by atoms with Gasteiger partial charge in [0.2, 0.25) is 0 Å². The first kappa shape index (κ1) is 18.4. The summed E-state index contributed by atoms with van der Waals surface area (Å²) in [6.07, 6.45) is 1.55. The van der Waals surface area contributed by atoms with E-state index in [-0.39, 0.29) is 17.4 Å². The lowest BCUT2D eigenvalue weighted by Crippen LogP contribution is -2.14. The summed E-state index contributed by atoms with van der Waals surface area (Å²) in [7, 11) is 0. The number of nitrogens with zero attached hydrogens (tertiary/aromatic N) is 1. The SMILES string of the molecule is CCOc1ccccc1NC(=O)c1ccc(NCc2ccccc2F)cn1. The Kier molecular flexibility index (Phi) is 5.99. The van der Waals surface area contributed by atoms with Crippen LogP contribution < -0.4 is 15.4 Å². The zero-order valence-electron chi connectivity index (χ0n) is 14.9. The first-order valence-electron chi connectivity index (χ1n) is 8.64. The second kappa shape index (κ2) is 8.80.